The van der Waals surface area contributed by atoms with Crippen molar-refractivity contribution in [2.24, 2.45) is 5.92 Å². The maximum atomic E-state index is 13.4. The normalized spacial score (nSPS) is 23.3. The highest BCUT2D eigenvalue weighted by Gasteiger charge is 2.39. The summed E-state index contributed by atoms with van der Waals surface area (Å²) in [6, 6.07) is 1.99. The van der Waals surface area contributed by atoms with Crippen LogP contribution in [0.5, 0.6) is 0 Å². The first kappa shape index (κ1) is 24.8. The van der Waals surface area contributed by atoms with Gasteiger partial charge in [-0.3, -0.25) is 13.6 Å². The van der Waals surface area contributed by atoms with Gasteiger partial charge in [-0.2, -0.15) is 5.26 Å². The molecule has 1 unspecified atom stereocenters. The Kier molecular flexibility index (Phi) is 10.7. The summed E-state index contributed by atoms with van der Waals surface area (Å²) in [6.07, 6.45) is 3.38. The molecular weight excluding hydrogens is 390 g/mol. The van der Waals surface area contributed by atoms with E-state index < -0.39 is 15.3 Å². The van der Waals surface area contributed by atoms with Gasteiger partial charge < -0.3 is 9.05 Å². The molecule has 10 heteroatoms. The minimum Gasteiger partial charge on any atom is -0.312 e. The van der Waals surface area contributed by atoms with E-state index in [4.69, 9.17) is 23.4 Å². The monoisotopic (exact) mass is 424 g/mol. The van der Waals surface area contributed by atoms with Gasteiger partial charge >= 0.3 is 15.3 Å². The molecule has 1 saturated carbocycles. The molecule has 0 heterocycles. The first-order valence-electron chi connectivity index (χ1n) is 9.51. The fourth-order valence-electron chi connectivity index (χ4n) is 3.34. The third kappa shape index (κ3) is 7.59. The van der Waals surface area contributed by atoms with Crippen molar-refractivity contribution < 1.29 is 27.2 Å². The molecule has 0 aromatic rings. The number of rotatable bonds is 12. The zero-order valence-electron chi connectivity index (χ0n) is 17.1. The van der Waals surface area contributed by atoms with Crippen LogP contribution in [0.4, 0.5) is 0 Å². The molecule has 1 fully saturated rings. The average molecular weight is 424 g/mol. The van der Waals surface area contributed by atoms with Crippen LogP contribution in [0.2, 0.25) is 0 Å². The molecule has 0 bridgehead atoms. The quantitative estimate of drug-likeness (QED) is 0.325. The third-order valence-electron chi connectivity index (χ3n) is 4.82. The number of hydrogen-bond acceptors (Lipinski definition) is 7. The zero-order chi connectivity index (χ0) is 20.5. The molecule has 1 atom stereocenters. The Hall–Kier alpha value is -0.250. The summed E-state index contributed by atoms with van der Waals surface area (Å²) in [7, 11) is -3.70. The number of hydrogen-bond donors (Lipinski definition) is 0. The van der Waals surface area contributed by atoms with Gasteiger partial charge in [-0.25, -0.2) is 9.24 Å². The average Bonchev–Trinajstić information content (AvgIpc) is 2.63. The van der Waals surface area contributed by atoms with E-state index in [0.717, 1.165) is 12.8 Å². The van der Waals surface area contributed by atoms with Crippen LogP contribution in [0.25, 0.3) is 0 Å². The van der Waals surface area contributed by atoms with Crippen molar-refractivity contribution in [3.05, 3.63) is 0 Å². The van der Waals surface area contributed by atoms with Crippen LogP contribution in [-0.4, -0.2) is 50.3 Å². The molecule has 0 radical (unpaired) electrons. The van der Waals surface area contributed by atoms with E-state index in [1.165, 1.54) is 14.2 Å². The lowest BCUT2D eigenvalue weighted by Crippen LogP contribution is -2.32. The molecule has 1 aliphatic rings. The minimum atomic E-state index is -3.48. The molecule has 0 aromatic heterocycles. The van der Waals surface area contributed by atoms with Crippen LogP contribution < -0.4 is 0 Å². The summed E-state index contributed by atoms with van der Waals surface area (Å²) in [5.74, 6) is 0.224. The van der Waals surface area contributed by atoms with Crippen molar-refractivity contribution in [3.8, 4) is 6.07 Å². The molecule has 27 heavy (non-hydrogen) atoms. The molecule has 0 aromatic carbocycles. The fraction of sp³-hybridized carbons (Fsp3) is 0.941. The largest absolute Gasteiger partial charge is 0.408 e. The molecule has 1 aliphatic carbocycles. The van der Waals surface area contributed by atoms with Gasteiger partial charge in [0.2, 0.25) is 0 Å². The molecule has 0 N–H and O–H groups in total. The molecule has 0 aliphatic heterocycles. The second kappa shape index (κ2) is 11.7. The predicted molar refractivity (Wildman–Crippen MR) is 105 cm³/mol. The van der Waals surface area contributed by atoms with E-state index in [9.17, 15) is 9.13 Å². The third-order valence-corrected chi connectivity index (χ3v) is 9.34. The first-order valence-corrected chi connectivity index (χ1v) is 12.7. The maximum absolute atomic E-state index is 13.4. The molecule has 8 nitrogen and oxygen atoms in total. The lowest BCUT2D eigenvalue weighted by Gasteiger charge is -2.36. The van der Waals surface area contributed by atoms with Crippen LogP contribution >= 0.6 is 15.3 Å². The highest BCUT2D eigenvalue weighted by Crippen LogP contribution is 2.56. The molecule has 158 valence electrons. The van der Waals surface area contributed by atoms with Crippen LogP contribution in [0.15, 0.2) is 0 Å². The molecule has 1 rings (SSSR count). The molecule has 0 amide bonds. The zero-order valence-corrected chi connectivity index (χ0v) is 18.9. The highest BCUT2D eigenvalue weighted by molar-refractivity contribution is 7.53. The van der Waals surface area contributed by atoms with Gasteiger partial charge in [0.15, 0.2) is 0 Å². The molecule has 0 spiro atoms. The first-order chi connectivity index (χ1) is 12.7. The topological polar surface area (TPSA) is 98.1 Å². The van der Waals surface area contributed by atoms with Gasteiger partial charge in [0, 0.05) is 26.8 Å². The van der Waals surface area contributed by atoms with Crippen molar-refractivity contribution in [2.75, 3.05) is 33.5 Å². The maximum Gasteiger partial charge on any atom is 0.408 e. The summed E-state index contributed by atoms with van der Waals surface area (Å²) >= 11 is 0. The van der Waals surface area contributed by atoms with Crippen LogP contribution in [-0.2, 0) is 27.2 Å². The Balaban J connectivity index is 2.71. The second-order valence-corrected chi connectivity index (χ2v) is 11.2. The lowest BCUT2D eigenvalue weighted by molar-refractivity contribution is 0.0758. The van der Waals surface area contributed by atoms with Crippen molar-refractivity contribution in [1.82, 2.24) is 4.67 Å². The standard InChI is InChI=1S/C17H34N2O6P2/c1-6-19(15(2)3)27(21,24-13-7-12-18)25-17-10-8-16(9-11-17)14-26(20,22-4)23-5/h15-17H,6-11,13-14H2,1-5H3. The van der Waals surface area contributed by atoms with E-state index in [0.29, 0.717) is 25.5 Å². The Morgan fingerprint density at radius 1 is 1.15 bits per heavy atom. The lowest BCUT2D eigenvalue weighted by atomic mass is 9.89. The van der Waals surface area contributed by atoms with Crippen molar-refractivity contribution in [1.29, 1.82) is 5.26 Å². The minimum absolute atomic E-state index is 0.00598. The summed E-state index contributed by atoms with van der Waals surface area (Å²) in [5.41, 5.74) is 0. The Morgan fingerprint density at radius 3 is 2.19 bits per heavy atom. The predicted octanol–water partition coefficient (Wildman–Crippen LogP) is 4.82. The van der Waals surface area contributed by atoms with Gasteiger partial charge in [0.25, 0.3) is 0 Å². The van der Waals surface area contributed by atoms with Gasteiger partial charge in [0.05, 0.1) is 31.4 Å². The molecular formula is C17H34N2O6P2. The summed E-state index contributed by atoms with van der Waals surface area (Å²) in [5, 5.41) is 8.73. The van der Waals surface area contributed by atoms with E-state index in [2.05, 4.69) is 0 Å². The molecule has 0 saturated heterocycles. The summed E-state index contributed by atoms with van der Waals surface area (Å²) in [4.78, 5) is 0. The smallest absolute Gasteiger partial charge is 0.312 e. The summed E-state index contributed by atoms with van der Waals surface area (Å²) < 4.78 is 49.1. The van der Waals surface area contributed by atoms with Crippen LogP contribution in [0.1, 0.15) is 52.9 Å². The van der Waals surface area contributed by atoms with Crippen molar-refractivity contribution >= 4 is 15.3 Å². The highest BCUT2D eigenvalue weighted by atomic mass is 31.2. The van der Waals surface area contributed by atoms with Crippen molar-refractivity contribution in [3.63, 3.8) is 0 Å². The Morgan fingerprint density at radius 2 is 1.74 bits per heavy atom. The number of nitriles is 1. The van der Waals surface area contributed by atoms with Gasteiger partial charge in [-0.05, 0) is 45.4 Å². The Bertz CT molecular complexity index is 564. The van der Waals surface area contributed by atoms with Gasteiger partial charge in [0.1, 0.15) is 0 Å². The van der Waals surface area contributed by atoms with E-state index in [1.54, 1.807) is 4.67 Å². The fourth-order valence-corrected chi connectivity index (χ4v) is 6.94. The van der Waals surface area contributed by atoms with E-state index in [-0.39, 0.29) is 31.1 Å². The second-order valence-electron chi connectivity index (χ2n) is 6.97. The van der Waals surface area contributed by atoms with Crippen LogP contribution in [0, 0.1) is 17.2 Å². The van der Waals surface area contributed by atoms with Gasteiger partial charge in [-0.1, -0.05) is 6.92 Å². The van der Waals surface area contributed by atoms with Crippen LogP contribution in [0.3, 0.4) is 0 Å². The Labute approximate surface area is 163 Å². The van der Waals surface area contributed by atoms with E-state index >= 15 is 0 Å². The van der Waals surface area contributed by atoms with Gasteiger partial charge in [-0.15, -0.1) is 0 Å². The summed E-state index contributed by atoms with van der Waals surface area (Å²) in [6.45, 7) is 6.40. The SMILES string of the molecule is CCN(C(C)C)P(=O)(OCCC#N)OC1CCC(CP(=O)(OC)OC)CC1. The van der Waals surface area contributed by atoms with E-state index in [1.807, 2.05) is 26.8 Å². The van der Waals surface area contributed by atoms with Crippen molar-refractivity contribution in [2.45, 2.75) is 65.0 Å². The number of nitrogens with zero attached hydrogens (tertiary/aromatic N) is 2.